The molecule has 0 aliphatic carbocycles. The average Bonchev–Trinajstić information content (AvgIpc) is 3.13. The Kier molecular flexibility index (Phi) is 5.50. The van der Waals surface area contributed by atoms with Crippen LogP contribution in [-0.2, 0) is 4.74 Å². The van der Waals surface area contributed by atoms with E-state index >= 15 is 0 Å². The van der Waals surface area contributed by atoms with Gasteiger partial charge in [-0.1, -0.05) is 50.2 Å². The highest BCUT2D eigenvalue weighted by Crippen LogP contribution is 2.41. The number of anilines is 1. The van der Waals surface area contributed by atoms with Crippen LogP contribution in [0, 0.1) is 5.41 Å². The molecule has 1 unspecified atom stereocenters. The van der Waals surface area contributed by atoms with E-state index in [0.717, 1.165) is 28.5 Å². The van der Waals surface area contributed by atoms with Gasteiger partial charge in [0.15, 0.2) is 11.5 Å². The number of hydrogen-bond acceptors (Lipinski definition) is 6. The predicted molar refractivity (Wildman–Crippen MR) is 127 cm³/mol. The lowest BCUT2D eigenvalue weighted by atomic mass is 9.78. The minimum atomic E-state index is -0.406. The minimum absolute atomic E-state index is 0.184. The van der Waals surface area contributed by atoms with Gasteiger partial charge in [-0.2, -0.15) is 5.10 Å². The van der Waals surface area contributed by atoms with E-state index in [9.17, 15) is 4.79 Å². The van der Waals surface area contributed by atoms with E-state index in [2.05, 4.69) is 13.8 Å². The van der Waals surface area contributed by atoms with E-state index in [0.29, 0.717) is 18.8 Å². The molecule has 0 saturated heterocycles. The average molecular weight is 443 g/mol. The third-order valence-electron chi connectivity index (χ3n) is 6.16. The molecule has 1 atom stereocenters. The Labute approximate surface area is 193 Å². The van der Waals surface area contributed by atoms with Gasteiger partial charge >= 0.3 is 5.97 Å². The van der Waals surface area contributed by atoms with Crippen molar-refractivity contribution < 1.29 is 19.0 Å². The molecule has 168 valence electrons. The zero-order valence-corrected chi connectivity index (χ0v) is 18.7. The summed E-state index contributed by atoms with van der Waals surface area (Å²) in [7, 11) is 0. The van der Waals surface area contributed by atoms with Crippen molar-refractivity contribution in [2.75, 3.05) is 24.8 Å². The Hall–Kier alpha value is -3.80. The Morgan fingerprint density at radius 2 is 1.64 bits per heavy atom. The first-order chi connectivity index (χ1) is 16.0. The molecule has 2 aliphatic heterocycles. The number of rotatable bonds is 5. The molecule has 2 aliphatic rings. The smallest absolute Gasteiger partial charge is 0.338 e. The van der Waals surface area contributed by atoms with Crippen LogP contribution in [0.15, 0.2) is 84.0 Å². The van der Waals surface area contributed by atoms with Gasteiger partial charge in [-0.25, -0.2) is 4.79 Å². The molecule has 6 heteroatoms. The molecule has 0 fully saturated rings. The number of carbonyl (C=O) groups excluding carboxylic acids is 1. The van der Waals surface area contributed by atoms with Crippen LogP contribution in [0.5, 0.6) is 11.5 Å². The van der Waals surface area contributed by atoms with E-state index in [1.165, 1.54) is 0 Å². The van der Waals surface area contributed by atoms with Crippen LogP contribution < -0.4 is 14.5 Å². The SMILES string of the molecule is CC1(C)C(c2ccc3c(c2)OCCO3)=NN(c2ccccc2)C1COC(=O)c1ccccc1. The molecule has 6 nitrogen and oxygen atoms in total. The van der Waals surface area contributed by atoms with E-state index in [-0.39, 0.29) is 18.6 Å². The number of hydrogen-bond donors (Lipinski definition) is 0. The van der Waals surface area contributed by atoms with Gasteiger partial charge in [0, 0.05) is 11.0 Å². The number of hydrazone groups is 1. The lowest BCUT2D eigenvalue weighted by Crippen LogP contribution is -2.44. The van der Waals surface area contributed by atoms with Crippen molar-refractivity contribution >= 4 is 17.4 Å². The number of para-hydroxylation sites is 1. The fourth-order valence-corrected chi connectivity index (χ4v) is 4.30. The molecule has 5 rings (SSSR count). The van der Waals surface area contributed by atoms with Gasteiger partial charge in [-0.15, -0.1) is 0 Å². The maximum absolute atomic E-state index is 12.7. The number of esters is 1. The van der Waals surface area contributed by atoms with Crippen LogP contribution in [0.4, 0.5) is 5.69 Å². The molecule has 0 saturated carbocycles. The topological polar surface area (TPSA) is 60.4 Å². The first-order valence-electron chi connectivity index (χ1n) is 11.1. The van der Waals surface area contributed by atoms with Gasteiger partial charge in [0.05, 0.1) is 23.0 Å². The standard InChI is InChI=1S/C27H26N2O4/c1-27(2)24(18-33-26(30)19-9-5-3-6-10-19)29(21-11-7-4-8-12-21)28-25(27)20-13-14-22-23(17-20)32-16-15-31-22/h3-14,17,24H,15-16,18H2,1-2H3. The summed E-state index contributed by atoms with van der Waals surface area (Å²) in [5.41, 5.74) is 2.94. The summed E-state index contributed by atoms with van der Waals surface area (Å²) in [6, 6.07) is 24.7. The van der Waals surface area contributed by atoms with Gasteiger partial charge < -0.3 is 14.2 Å². The van der Waals surface area contributed by atoms with Crippen LogP contribution in [0.2, 0.25) is 0 Å². The summed E-state index contributed by atoms with van der Waals surface area (Å²) < 4.78 is 17.2. The highest BCUT2D eigenvalue weighted by molar-refractivity contribution is 6.07. The van der Waals surface area contributed by atoms with Crippen molar-refractivity contribution in [2.45, 2.75) is 19.9 Å². The fraction of sp³-hybridized carbons (Fsp3) is 0.259. The van der Waals surface area contributed by atoms with E-state index in [1.807, 2.05) is 71.7 Å². The molecule has 0 spiro atoms. The van der Waals surface area contributed by atoms with Crippen molar-refractivity contribution in [2.24, 2.45) is 10.5 Å². The van der Waals surface area contributed by atoms with E-state index < -0.39 is 5.41 Å². The number of carbonyl (C=O) groups is 1. The highest BCUT2D eigenvalue weighted by Gasteiger charge is 2.46. The van der Waals surface area contributed by atoms with Gasteiger partial charge in [0.1, 0.15) is 19.8 Å². The quantitative estimate of drug-likeness (QED) is 0.524. The predicted octanol–water partition coefficient (Wildman–Crippen LogP) is 4.93. The van der Waals surface area contributed by atoms with Crippen molar-refractivity contribution in [1.82, 2.24) is 0 Å². The molecular formula is C27H26N2O4. The Bertz CT molecular complexity index is 1180. The minimum Gasteiger partial charge on any atom is -0.486 e. The van der Waals surface area contributed by atoms with Crippen LogP contribution in [0.1, 0.15) is 29.8 Å². The summed E-state index contributed by atoms with van der Waals surface area (Å²) in [4.78, 5) is 12.7. The zero-order valence-electron chi connectivity index (χ0n) is 18.7. The number of ether oxygens (including phenoxy) is 3. The Balaban J connectivity index is 1.47. The largest absolute Gasteiger partial charge is 0.486 e. The van der Waals surface area contributed by atoms with Crippen LogP contribution >= 0.6 is 0 Å². The monoisotopic (exact) mass is 442 g/mol. The lowest BCUT2D eigenvalue weighted by Gasteiger charge is -2.33. The van der Waals surface area contributed by atoms with Crippen molar-refractivity contribution in [1.29, 1.82) is 0 Å². The summed E-state index contributed by atoms with van der Waals surface area (Å²) in [6.07, 6.45) is 0. The molecule has 0 N–H and O–H groups in total. The molecule has 0 bridgehead atoms. The van der Waals surface area contributed by atoms with Gasteiger partial charge in [-0.3, -0.25) is 5.01 Å². The van der Waals surface area contributed by atoms with Crippen molar-refractivity contribution in [3.8, 4) is 11.5 Å². The third kappa shape index (κ3) is 4.04. The maximum atomic E-state index is 12.7. The van der Waals surface area contributed by atoms with Crippen LogP contribution in [0.25, 0.3) is 0 Å². The first kappa shape index (κ1) is 21.1. The molecule has 3 aromatic carbocycles. The molecule has 0 aromatic heterocycles. The number of benzene rings is 3. The van der Waals surface area contributed by atoms with Crippen molar-refractivity contribution in [3.05, 3.63) is 90.0 Å². The number of nitrogens with zero attached hydrogens (tertiary/aromatic N) is 2. The first-order valence-corrected chi connectivity index (χ1v) is 11.1. The maximum Gasteiger partial charge on any atom is 0.338 e. The summed E-state index contributed by atoms with van der Waals surface area (Å²) in [5, 5.41) is 6.99. The van der Waals surface area contributed by atoms with E-state index in [1.54, 1.807) is 12.1 Å². The van der Waals surface area contributed by atoms with Gasteiger partial charge in [0.2, 0.25) is 0 Å². The summed E-state index contributed by atoms with van der Waals surface area (Å²) in [5.74, 6) is 1.13. The molecule has 0 radical (unpaired) electrons. The zero-order chi connectivity index (χ0) is 22.8. The van der Waals surface area contributed by atoms with E-state index in [4.69, 9.17) is 19.3 Å². The normalized spacial score (nSPS) is 18.5. The fourth-order valence-electron chi connectivity index (χ4n) is 4.30. The molecule has 3 aromatic rings. The molecular weight excluding hydrogens is 416 g/mol. The second-order valence-corrected chi connectivity index (χ2v) is 8.69. The molecule has 33 heavy (non-hydrogen) atoms. The highest BCUT2D eigenvalue weighted by atomic mass is 16.6. The Morgan fingerprint density at radius 1 is 0.970 bits per heavy atom. The van der Waals surface area contributed by atoms with Crippen LogP contribution in [0.3, 0.4) is 0 Å². The molecule has 0 amide bonds. The Morgan fingerprint density at radius 3 is 2.36 bits per heavy atom. The van der Waals surface area contributed by atoms with Crippen molar-refractivity contribution in [3.63, 3.8) is 0 Å². The van der Waals surface area contributed by atoms with Gasteiger partial charge in [0.25, 0.3) is 0 Å². The summed E-state index contributed by atoms with van der Waals surface area (Å²) in [6.45, 7) is 5.54. The van der Waals surface area contributed by atoms with Gasteiger partial charge in [-0.05, 0) is 42.5 Å². The third-order valence-corrected chi connectivity index (χ3v) is 6.16. The summed E-state index contributed by atoms with van der Waals surface area (Å²) >= 11 is 0. The number of fused-ring (bicyclic) bond motifs is 1. The molecule has 2 heterocycles. The second-order valence-electron chi connectivity index (χ2n) is 8.69. The second kappa shape index (κ2) is 8.62. The lowest BCUT2D eigenvalue weighted by molar-refractivity contribution is 0.0450. The van der Waals surface area contributed by atoms with Crippen LogP contribution in [-0.4, -0.2) is 37.5 Å².